The van der Waals surface area contributed by atoms with Gasteiger partial charge in [0.05, 0.1) is 6.20 Å². The zero-order valence-electron chi connectivity index (χ0n) is 7.83. The first-order chi connectivity index (χ1) is 6.25. The summed E-state index contributed by atoms with van der Waals surface area (Å²) in [5, 5.41) is 0. The van der Waals surface area contributed by atoms with Gasteiger partial charge in [-0.05, 0) is 12.5 Å². The van der Waals surface area contributed by atoms with Gasteiger partial charge < -0.3 is 5.73 Å². The van der Waals surface area contributed by atoms with Crippen LogP contribution in [0.5, 0.6) is 0 Å². The van der Waals surface area contributed by atoms with Gasteiger partial charge in [0, 0.05) is 17.8 Å². The molecule has 2 N–H and O–H groups in total. The number of hydrogen-bond acceptors (Lipinski definition) is 2. The van der Waals surface area contributed by atoms with Crippen molar-refractivity contribution < 1.29 is 4.39 Å². The molecule has 0 aliphatic heterocycles. The Morgan fingerprint density at radius 1 is 1.62 bits per heavy atom. The number of rotatable bonds is 4. The molecule has 13 heavy (non-hydrogen) atoms. The molecule has 3 heteroatoms. The lowest BCUT2D eigenvalue weighted by Crippen LogP contribution is -2.12. The Hall–Kier alpha value is -0.960. The molecule has 2 nitrogen and oxygen atoms in total. The van der Waals surface area contributed by atoms with Gasteiger partial charge in [0.1, 0.15) is 5.82 Å². The molecule has 0 fully saturated rings. The van der Waals surface area contributed by atoms with Crippen LogP contribution in [0.2, 0.25) is 0 Å². The fourth-order valence-corrected chi connectivity index (χ4v) is 1.27. The van der Waals surface area contributed by atoms with Crippen molar-refractivity contribution in [1.82, 2.24) is 4.98 Å². The van der Waals surface area contributed by atoms with Crippen molar-refractivity contribution in [1.29, 1.82) is 0 Å². The maximum atomic E-state index is 13.1. The smallest absolute Gasteiger partial charge is 0.146 e. The third-order valence-electron chi connectivity index (χ3n) is 2.07. The van der Waals surface area contributed by atoms with E-state index < -0.39 is 0 Å². The second-order valence-corrected chi connectivity index (χ2v) is 3.15. The number of nitrogens with zero attached hydrogens (tertiary/aromatic N) is 1. The van der Waals surface area contributed by atoms with Crippen molar-refractivity contribution in [3.8, 4) is 0 Å². The van der Waals surface area contributed by atoms with Gasteiger partial charge in [-0.2, -0.15) is 0 Å². The highest BCUT2D eigenvalue weighted by atomic mass is 19.1. The summed E-state index contributed by atoms with van der Waals surface area (Å²) in [4.78, 5) is 3.68. The first-order valence-corrected chi connectivity index (χ1v) is 4.60. The van der Waals surface area contributed by atoms with E-state index in [4.69, 9.17) is 5.73 Å². The summed E-state index contributed by atoms with van der Waals surface area (Å²) in [5.74, 6) is -0.300. The summed E-state index contributed by atoms with van der Waals surface area (Å²) in [6.07, 6.45) is 5.73. The highest BCUT2D eigenvalue weighted by Gasteiger charge is 2.09. The molecule has 1 aromatic heterocycles. The third-order valence-corrected chi connectivity index (χ3v) is 2.07. The van der Waals surface area contributed by atoms with Crippen LogP contribution < -0.4 is 5.73 Å². The summed E-state index contributed by atoms with van der Waals surface area (Å²) < 4.78 is 13.1. The van der Waals surface area contributed by atoms with Gasteiger partial charge in [0.2, 0.25) is 0 Å². The monoisotopic (exact) mass is 182 g/mol. The Morgan fingerprint density at radius 2 is 2.38 bits per heavy atom. The summed E-state index contributed by atoms with van der Waals surface area (Å²) in [6.45, 7) is 2.09. The van der Waals surface area contributed by atoms with Crippen LogP contribution in [0, 0.1) is 5.82 Å². The molecule has 1 aromatic rings. The summed E-state index contributed by atoms with van der Waals surface area (Å²) in [6, 6.07) is 1.46. The van der Waals surface area contributed by atoms with Crippen molar-refractivity contribution in [2.45, 2.75) is 32.2 Å². The molecule has 0 radical (unpaired) electrons. The molecule has 0 bridgehead atoms. The Bertz CT molecular complexity index is 263. The van der Waals surface area contributed by atoms with Crippen LogP contribution in [0.4, 0.5) is 4.39 Å². The minimum Gasteiger partial charge on any atom is -0.324 e. The average Bonchev–Trinajstić information content (AvgIpc) is 2.15. The van der Waals surface area contributed by atoms with Crippen LogP contribution in [0.3, 0.4) is 0 Å². The highest BCUT2D eigenvalue weighted by Crippen LogP contribution is 2.18. The second-order valence-electron chi connectivity index (χ2n) is 3.15. The normalized spacial score (nSPS) is 12.8. The first-order valence-electron chi connectivity index (χ1n) is 4.60. The molecule has 0 aromatic carbocycles. The van der Waals surface area contributed by atoms with Gasteiger partial charge in [-0.1, -0.05) is 19.8 Å². The summed E-state index contributed by atoms with van der Waals surface area (Å²) >= 11 is 0. The number of aromatic nitrogens is 1. The molecule has 1 atom stereocenters. The SMILES string of the molecule is CCCC[C@@H](N)c1ccncc1F. The molecule has 72 valence electrons. The Morgan fingerprint density at radius 3 is 3.00 bits per heavy atom. The molecule has 0 unspecified atom stereocenters. The molecular formula is C10H15FN2. The molecule has 0 aliphatic rings. The van der Waals surface area contributed by atoms with Gasteiger partial charge in [-0.3, -0.25) is 4.98 Å². The minimum absolute atomic E-state index is 0.192. The lowest BCUT2D eigenvalue weighted by Gasteiger charge is -2.11. The number of hydrogen-bond donors (Lipinski definition) is 1. The van der Waals surface area contributed by atoms with E-state index in [0.717, 1.165) is 19.3 Å². The van der Waals surface area contributed by atoms with Crippen LogP contribution in [0.15, 0.2) is 18.5 Å². The fourth-order valence-electron chi connectivity index (χ4n) is 1.27. The van der Waals surface area contributed by atoms with E-state index in [1.807, 2.05) is 0 Å². The standard InChI is InChI=1S/C10H15FN2/c1-2-3-4-10(12)8-5-6-13-7-9(8)11/h5-7,10H,2-4,12H2,1H3/t10-/m1/s1. The molecule has 0 spiro atoms. The van der Waals surface area contributed by atoms with Gasteiger partial charge >= 0.3 is 0 Å². The number of nitrogens with two attached hydrogens (primary N) is 1. The highest BCUT2D eigenvalue weighted by molar-refractivity contribution is 5.16. The van der Waals surface area contributed by atoms with Gasteiger partial charge in [-0.25, -0.2) is 4.39 Å². The Labute approximate surface area is 78.0 Å². The zero-order chi connectivity index (χ0) is 9.68. The van der Waals surface area contributed by atoms with E-state index in [2.05, 4.69) is 11.9 Å². The van der Waals surface area contributed by atoms with Crippen LogP contribution >= 0.6 is 0 Å². The number of unbranched alkanes of at least 4 members (excludes halogenated alkanes) is 1. The van der Waals surface area contributed by atoms with Gasteiger partial charge in [0.15, 0.2) is 0 Å². The van der Waals surface area contributed by atoms with Crippen LogP contribution in [-0.2, 0) is 0 Å². The summed E-state index contributed by atoms with van der Waals surface area (Å²) in [7, 11) is 0. The third kappa shape index (κ3) is 2.77. The van der Waals surface area contributed by atoms with Crippen LogP contribution in [0.25, 0.3) is 0 Å². The van der Waals surface area contributed by atoms with E-state index in [1.54, 1.807) is 12.3 Å². The number of halogens is 1. The van der Waals surface area contributed by atoms with E-state index >= 15 is 0 Å². The van der Waals surface area contributed by atoms with Crippen molar-refractivity contribution >= 4 is 0 Å². The largest absolute Gasteiger partial charge is 0.324 e. The van der Waals surface area contributed by atoms with Crippen LogP contribution in [0.1, 0.15) is 37.8 Å². The van der Waals surface area contributed by atoms with Gasteiger partial charge in [-0.15, -0.1) is 0 Å². The summed E-state index contributed by atoms with van der Waals surface area (Å²) in [5.41, 5.74) is 6.39. The van der Waals surface area contributed by atoms with Crippen molar-refractivity contribution in [3.05, 3.63) is 29.8 Å². The Kier molecular flexibility index (Phi) is 3.83. The predicted octanol–water partition coefficient (Wildman–Crippen LogP) is 2.41. The molecule has 0 saturated heterocycles. The van der Waals surface area contributed by atoms with Crippen LogP contribution in [-0.4, -0.2) is 4.98 Å². The van der Waals surface area contributed by atoms with E-state index in [-0.39, 0.29) is 11.9 Å². The van der Waals surface area contributed by atoms with Crippen molar-refractivity contribution in [2.75, 3.05) is 0 Å². The van der Waals surface area contributed by atoms with E-state index in [0.29, 0.717) is 5.56 Å². The maximum Gasteiger partial charge on any atom is 0.146 e. The number of pyridine rings is 1. The van der Waals surface area contributed by atoms with Crippen molar-refractivity contribution in [2.24, 2.45) is 5.73 Å². The lowest BCUT2D eigenvalue weighted by molar-refractivity contribution is 0.544. The van der Waals surface area contributed by atoms with E-state index in [1.165, 1.54) is 6.20 Å². The maximum absolute atomic E-state index is 13.1. The first kappa shape index (κ1) is 10.1. The topological polar surface area (TPSA) is 38.9 Å². The molecular weight excluding hydrogens is 167 g/mol. The Balaban J connectivity index is 2.65. The fraction of sp³-hybridized carbons (Fsp3) is 0.500. The average molecular weight is 182 g/mol. The molecule has 0 saturated carbocycles. The molecule has 1 rings (SSSR count). The van der Waals surface area contributed by atoms with E-state index in [9.17, 15) is 4.39 Å². The molecule has 1 heterocycles. The second kappa shape index (κ2) is 4.92. The lowest BCUT2D eigenvalue weighted by atomic mass is 10.0. The zero-order valence-corrected chi connectivity index (χ0v) is 7.83. The van der Waals surface area contributed by atoms with Gasteiger partial charge in [0.25, 0.3) is 0 Å². The molecule has 0 amide bonds. The predicted molar refractivity (Wildman–Crippen MR) is 50.6 cm³/mol. The molecule has 0 aliphatic carbocycles. The quantitative estimate of drug-likeness (QED) is 0.776. The minimum atomic E-state index is -0.300. The van der Waals surface area contributed by atoms with Crippen molar-refractivity contribution in [3.63, 3.8) is 0 Å².